The highest BCUT2D eigenvalue weighted by Crippen LogP contribution is 2.34. The summed E-state index contributed by atoms with van der Waals surface area (Å²) in [4.78, 5) is 50.5. The van der Waals surface area contributed by atoms with E-state index in [1.54, 1.807) is 48.6 Å². The molecular formula is C27H22N2O6. The van der Waals surface area contributed by atoms with Crippen molar-refractivity contribution in [1.29, 1.82) is 0 Å². The smallest absolute Gasteiger partial charge is 0.258 e. The van der Waals surface area contributed by atoms with E-state index in [4.69, 9.17) is 9.47 Å². The van der Waals surface area contributed by atoms with E-state index < -0.39 is 23.6 Å². The molecule has 0 fully saturated rings. The number of hydrogen-bond donors (Lipinski definition) is 0. The zero-order chi connectivity index (χ0) is 24.9. The first-order valence-corrected chi connectivity index (χ1v) is 10.8. The molecule has 0 aliphatic carbocycles. The largest absolute Gasteiger partial charge is 0.489 e. The molecule has 0 N–H and O–H groups in total. The maximum absolute atomic E-state index is 12.1. The second-order valence-corrected chi connectivity index (χ2v) is 7.65. The summed E-state index contributed by atoms with van der Waals surface area (Å²) in [5.41, 5.74) is 2.33. The predicted octanol–water partition coefficient (Wildman–Crippen LogP) is 3.27. The van der Waals surface area contributed by atoms with Crippen LogP contribution in [-0.4, -0.2) is 36.8 Å². The molecule has 0 radical (unpaired) electrons. The third kappa shape index (κ3) is 4.81. The summed E-state index contributed by atoms with van der Waals surface area (Å²) in [7, 11) is 0. The first-order chi connectivity index (χ1) is 16.9. The van der Waals surface area contributed by atoms with Crippen molar-refractivity contribution in [3.8, 4) is 11.5 Å². The molecule has 2 aliphatic heterocycles. The molecule has 4 amide bonds. The number of hydrogen-bond acceptors (Lipinski definition) is 6. The van der Waals surface area contributed by atoms with Crippen molar-refractivity contribution < 1.29 is 28.7 Å². The summed E-state index contributed by atoms with van der Waals surface area (Å²) in [5.74, 6) is -0.741. The van der Waals surface area contributed by atoms with E-state index in [-0.39, 0.29) is 13.2 Å². The standard InChI is InChI=1S/C27H22N2O6/c1-3-13-34-22-16-20(28-24(30)9-10-25(28)31)7-5-18(22)15-19-6-8-21(17-23(19)35-14-4-2)29-26(32)11-12-27(29)33/h3-12,16-17H,1-2,13-15H2. The number of nitrogens with zero attached hydrogens (tertiary/aromatic N) is 2. The van der Waals surface area contributed by atoms with Gasteiger partial charge in [-0.3, -0.25) is 19.2 Å². The van der Waals surface area contributed by atoms with E-state index in [1.807, 2.05) is 0 Å². The lowest BCUT2D eigenvalue weighted by Crippen LogP contribution is -2.29. The number of ether oxygens (including phenoxy) is 2. The van der Waals surface area contributed by atoms with Gasteiger partial charge < -0.3 is 9.47 Å². The van der Waals surface area contributed by atoms with Crippen molar-refractivity contribution in [2.45, 2.75) is 6.42 Å². The molecule has 0 saturated carbocycles. The van der Waals surface area contributed by atoms with Crippen LogP contribution in [0.3, 0.4) is 0 Å². The van der Waals surface area contributed by atoms with Gasteiger partial charge in [-0.15, -0.1) is 0 Å². The van der Waals surface area contributed by atoms with Crippen LogP contribution in [0.25, 0.3) is 0 Å². The van der Waals surface area contributed by atoms with Gasteiger partial charge in [0.1, 0.15) is 24.7 Å². The summed E-state index contributed by atoms with van der Waals surface area (Å²) in [6.07, 6.45) is 8.44. The Morgan fingerprint density at radius 3 is 1.34 bits per heavy atom. The van der Waals surface area contributed by atoms with Crippen LogP contribution < -0.4 is 19.3 Å². The molecule has 4 rings (SSSR count). The average molecular weight is 470 g/mol. The summed E-state index contributed by atoms with van der Waals surface area (Å²) in [6.45, 7) is 7.79. The lowest BCUT2D eigenvalue weighted by atomic mass is 10.0. The highest BCUT2D eigenvalue weighted by molar-refractivity contribution is 6.28. The topological polar surface area (TPSA) is 93.2 Å². The van der Waals surface area contributed by atoms with Crippen molar-refractivity contribution in [2.24, 2.45) is 0 Å². The Balaban J connectivity index is 1.68. The summed E-state index contributed by atoms with van der Waals surface area (Å²) < 4.78 is 11.7. The van der Waals surface area contributed by atoms with Crippen LogP contribution in [-0.2, 0) is 25.6 Å². The molecule has 0 bridgehead atoms. The van der Waals surface area contributed by atoms with Crippen molar-refractivity contribution in [3.05, 3.63) is 97.1 Å². The molecule has 0 unspecified atom stereocenters. The molecule has 2 aromatic rings. The first kappa shape index (κ1) is 23.4. The number of carbonyl (C=O) groups is 4. The molecule has 0 atom stereocenters. The van der Waals surface area contributed by atoms with Gasteiger partial charge in [-0.25, -0.2) is 9.80 Å². The van der Waals surface area contributed by atoms with Crippen LogP contribution >= 0.6 is 0 Å². The number of imide groups is 2. The SMILES string of the molecule is C=CCOc1cc(N2C(=O)C=CC2=O)ccc1Cc1ccc(N2C(=O)C=CC2=O)cc1OCC=C. The lowest BCUT2D eigenvalue weighted by molar-refractivity contribution is -0.121. The first-order valence-electron chi connectivity index (χ1n) is 10.8. The molecule has 2 aliphatic rings. The van der Waals surface area contributed by atoms with E-state index >= 15 is 0 Å². The molecule has 35 heavy (non-hydrogen) atoms. The van der Waals surface area contributed by atoms with Crippen LogP contribution in [0.5, 0.6) is 11.5 Å². The van der Waals surface area contributed by atoms with Crippen molar-refractivity contribution in [1.82, 2.24) is 0 Å². The van der Waals surface area contributed by atoms with Gasteiger partial charge in [0.15, 0.2) is 0 Å². The van der Waals surface area contributed by atoms with Crippen LogP contribution in [0.2, 0.25) is 0 Å². The Morgan fingerprint density at radius 1 is 0.629 bits per heavy atom. The third-order valence-corrected chi connectivity index (χ3v) is 5.33. The van der Waals surface area contributed by atoms with Crippen LogP contribution in [0.1, 0.15) is 11.1 Å². The van der Waals surface area contributed by atoms with Gasteiger partial charge in [0.25, 0.3) is 23.6 Å². The van der Waals surface area contributed by atoms with Gasteiger partial charge in [-0.1, -0.05) is 37.4 Å². The Morgan fingerprint density at radius 2 is 1.00 bits per heavy atom. The van der Waals surface area contributed by atoms with Crippen molar-refractivity contribution in [2.75, 3.05) is 23.0 Å². The lowest BCUT2D eigenvalue weighted by Gasteiger charge is -2.20. The molecule has 8 nitrogen and oxygen atoms in total. The average Bonchev–Trinajstić information content (AvgIpc) is 3.37. The fourth-order valence-electron chi connectivity index (χ4n) is 3.74. The quantitative estimate of drug-likeness (QED) is 0.391. The second kappa shape index (κ2) is 10.0. The van der Waals surface area contributed by atoms with Gasteiger partial charge in [-0.05, 0) is 23.3 Å². The van der Waals surface area contributed by atoms with Gasteiger partial charge in [-0.2, -0.15) is 0 Å². The van der Waals surface area contributed by atoms with E-state index in [1.165, 1.54) is 24.3 Å². The van der Waals surface area contributed by atoms with Gasteiger partial charge >= 0.3 is 0 Å². The molecule has 176 valence electrons. The number of amides is 4. The third-order valence-electron chi connectivity index (χ3n) is 5.33. The number of rotatable bonds is 10. The van der Waals surface area contributed by atoms with Crippen molar-refractivity contribution in [3.63, 3.8) is 0 Å². The van der Waals surface area contributed by atoms with E-state index in [0.29, 0.717) is 29.3 Å². The summed E-state index contributed by atoms with van der Waals surface area (Å²) in [6, 6.07) is 10.2. The van der Waals surface area contributed by atoms with Crippen LogP contribution in [0, 0.1) is 0 Å². The minimum atomic E-state index is -0.423. The highest BCUT2D eigenvalue weighted by atomic mass is 16.5. The zero-order valence-corrected chi connectivity index (χ0v) is 18.8. The molecule has 0 spiro atoms. The molecular weight excluding hydrogens is 448 g/mol. The normalized spacial score (nSPS) is 14.7. The monoisotopic (exact) mass is 470 g/mol. The maximum Gasteiger partial charge on any atom is 0.258 e. The summed E-state index contributed by atoms with van der Waals surface area (Å²) in [5, 5.41) is 0. The summed E-state index contributed by atoms with van der Waals surface area (Å²) >= 11 is 0. The molecule has 8 heteroatoms. The second-order valence-electron chi connectivity index (χ2n) is 7.65. The maximum atomic E-state index is 12.1. The molecule has 0 saturated heterocycles. The Labute approximate surface area is 202 Å². The Kier molecular flexibility index (Phi) is 6.73. The minimum Gasteiger partial charge on any atom is -0.489 e. The van der Waals surface area contributed by atoms with Crippen LogP contribution in [0.4, 0.5) is 11.4 Å². The van der Waals surface area contributed by atoms with Crippen molar-refractivity contribution >= 4 is 35.0 Å². The van der Waals surface area contributed by atoms with E-state index in [2.05, 4.69) is 13.2 Å². The fourth-order valence-corrected chi connectivity index (χ4v) is 3.74. The van der Waals surface area contributed by atoms with Crippen LogP contribution in [0.15, 0.2) is 86.0 Å². The minimum absolute atomic E-state index is 0.224. The molecule has 0 aromatic heterocycles. The predicted molar refractivity (Wildman–Crippen MR) is 130 cm³/mol. The highest BCUT2D eigenvalue weighted by Gasteiger charge is 2.27. The fraction of sp³-hybridized carbons (Fsp3) is 0.111. The van der Waals surface area contributed by atoms with E-state index in [9.17, 15) is 19.2 Å². The number of benzene rings is 2. The number of carbonyl (C=O) groups excluding carboxylic acids is 4. The molecule has 2 heterocycles. The molecule has 2 aromatic carbocycles. The van der Waals surface area contributed by atoms with Gasteiger partial charge in [0.05, 0.1) is 11.4 Å². The Hall–Kier alpha value is -4.72. The Bertz CT molecular complexity index is 1170. The van der Waals surface area contributed by atoms with E-state index in [0.717, 1.165) is 20.9 Å². The number of anilines is 2. The van der Waals surface area contributed by atoms with Gasteiger partial charge in [0.2, 0.25) is 0 Å². The zero-order valence-electron chi connectivity index (χ0n) is 18.8. The van der Waals surface area contributed by atoms with Gasteiger partial charge in [0, 0.05) is 42.9 Å².